The topological polar surface area (TPSA) is 92.9 Å². The molecule has 3 fully saturated rings. The summed E-state index contributed by atoms with van der Waals surface area (Å²) in [5, 5.41) is 11.9. The molecular formula is C19H24N6O3. The highest BCUT2D eigenvalue weighted by Crippen LogP contribution is 2.42. The van der Waals surface area contributed by atoms with E-state index in [4.69, 9.17) is 4.74 Å². The zero-order chi connectivity index (χ0) is 19.1. The van der Waals surface area contributed by atoms with Gasteiger partial charge in [0.05, 0.1) is 0 Å². The highest BCUT2D eigenvalue weighted by molar-refractivity contribution is 5.79. The number of hydrogen-bond donors (Lipinski definition) is 0. The molecule has 0 N–H and O–H groups in total. The van der Waals surface area contributed by atoms with Crippen LogP contribution in [-0.2, 0) is 9.59 Å². The minimum Gasteiger partial charge on any atom is -0.467 e. The van der Waals surface area contributed by atoms with E-state index >= 15 is 0 Å². The summed E-state index contributed by atoms with van der Waals surface area (Å²) in [6, 6.07) is 3.88. The molecule has 2 aromatic rings. The number of piperidine rings is 2. The van der Waals surface area contributed by atoms with Crippen LogP contribution in [0.2, 0.25) is 0 Å². The van der Waals surface area contributed by atoms with Crippen molar-refractivity contribution in [3.63, 3.8) is 0 Å². The molecule has 2 aromatic heterocycles. The van der Waals surface area contributed by atoms with Crippen LogP contribution in [-0.4, -0.2) is 73.7 Å². The molecule has 148 valence electrons. The summed E-state index contributed by atoms with van der Waals surface area (Å²) < 4.78 is 7.13. The molecule has 0 unspecified atom stereocenters. The first-order chi connectivity index (χ1) is 13.6. The normalized spacial score (nSPS) is 25.5. The predicted octanol–water partition coefficient (Wildman–Crippen LogP) is 0.897. The van der Waals surface area contributed by atoms with Crippen molar-refractivity contribution in [2.24, 2.45) is 5.41 Å². The van der Waals surface area contributed by atoms with Crippen LogP contribution in [0, 0.1) is 5.41 Å². The first kappa shape index (κ1) is 17.4. The second-order valence-corrected chi connectivity index (χ2v) is 8.27. The van der Waals surface area contributed by atoms with Gasteiger partial charge in [0.1, 0.15) is 6.33 Å². The van der Waals surface area contributed by atoms with Crippen molar-refractivity contribution >= 4 is 17.5 Å². The molecule has 1 aliphatic carbocycles. The van der Waals surface area contributed by atoms with Gasteiger partial charge in [0.25, 0.3) is 5.91 Å². The van der Waals surface area contributed by atoms with Gasteiger partial charge in [-0.3, -0.25) is 9.59 Å². The molecule has 1 atom stereocenters. The summed E-state index contributed by atoms with van der Waals surface area (Å²) in [5.74, 6) is 0.630. The fourth-order valence-electron chi connectivity index (χ4n) is 4.53. The van der Waals surface area contributed by atoms with Crippen LogP contribution in [0.1, 0.15) is 38.5 Å². The van der Waals surface area contributed by atoms with Crippen molar-refractivity contribution in [3.05, 3.63) is 18.5 Å². The smallest absolute Gasteiger partial charge is 0.260 e. The number of fused-ring (bicyclic) bond motifs is 1. The van der Waals surface area contributed by atoms with Gasteiger partial charge in [-0.05, 0) is 38.2 Å². The number of hydrogen-bond acceptors (Lipinski definition) is 6. The summed E-state index contributed by atoms with van der Waals surface area (Å²) in [6.45, 7) is 2.22. The molecule has 3 aliphatic rings. The molecule has 1 saturated carbocycles. The van der Waals surface area contributed by atoms with Gasteiger partial charge >= 0.3 is 0 Å². The molecule has 5 rings (SSSR count). The molecule has 9 heteroatoms. The van der Waals surface area contributed by atoms with E-state index in [1.807, 2.05) is 4.90 Å². The lowest BCUT2D eigenvalue weighted by atomic mass is 9.73. The van der Waals surface area contributed by atoms with Gasteiger partial charge in [0.2, 0.25) is 11.8 Å². The Morgan fingerprint density at radius 2 is 2.14 bits per heavy atom. The third-order valence-electron chi connectivity index (χ3n) is 6.18. The summed E-state index contributed by atoms with van der Waals surface area (Å²) in [6.07, 6.45) is 7.30. The summed E-state index contributed by atoms with van der Waals surface area (Å²) in [4.78, 5) is 29.0. The Morgan fingerprint density at radius 1 is 1.25 bits per heavy atom. The molecule has 1 spiro atoms. The maximum Gasteiger partial charge on any atom is 0.260 e. The van der Waals surface area contributed by atoms with Crippen LogP contribution in [0.4, 0.5) is 0 Å². The number of carbonyl (C=O) groups is 2. The van der Waals surface area contributed by atoms with Gasteiger partial charge < -0.3 is 14.5 Å². The first-order valence-corrected chi connectivity index (χ1v) is 9.99. The van der Waals surface area contributed by atoms with Crippen molar-refractivity contribution in [1.82, 2.24) is 29.6 Å². The SMILES string of the molecule is O=C(COc1ccc2nncn2n1)N1CCC[C@@]2(CCC(=O)N(C3CC3)C2)C1. The number of likely N-dealkylation sites (tertiary alicyclic amines) is 2. The van der Waals surface area contributed by atoms with Crippen molar-refractivity contribution in [3.8, 4) is 5.88 Å². The fraction of sp³-hybridized carbons (Fsp3) is 0.632. The Morgan fingerprint density at radius 3 is 3.00 bits per heavy atom. The van der Waals surface area contributed by atoms with Crippen molar-refractivity contribution < 1.29 is 14.3 Å². The Labute approximate surface area is 162 Å². The standard InChI is InChI=1S/C19H24N6O3/c26-17-6-8-19(12-24(17)14-2-3-14)7-1-9-23(11-19)18(27)10-28-16-5-4-15-21-20-13-25(15)22-16/h4-5,13-14H,1-3,6-12H2/t19-/m1/s1. The zero-order valence-electron chi connectivity index (χ0n) is 15.8. The van der Waals surface area contributed by atoms with Crippen LogP contribution in [0.25, 0.3) is 5.65 Å². The Bertz CT molecular complexity index is 910. The number of amides is 2. The predicted molar refractivity (Wildman–Crippen MR) is 98.5 cm³/mol. The lowest BCUT2D eigenvalue weighted by Crippen LogP contribution is -2.56. The molecule has 9 nitrogen and oxygen atoms in total. The average molecular weight is 384 g/mol. The number of nitrogens with zero attached hydrogens (tertiary/aromatic N) is 6. The molecule has 4 heterocycles. The third kappa shape index (κ3) is 3.29. The van der Waals surface area contributed by atoms with Crippen LogP contribution in [0.15, 0.2) is 18.5 Å². The van der Waals surface area contributed by atoms with Crippen LogP contribution < -0.4 is 4.74 Å². The van der Waals surface area contributed by atoms with Crippen molar-refractivity contribution in [1.29, 1.82) is 0 Å². The van der Waals surface area contributed by atoms with Gasteiger partial charge in [0.15, 0.2) is 12.3 Å². The van der Waals surface area contributed by atoms with E-state index < -0.39 is 0 Å². The Hall–Kier alpha value is -2.71. The maximum absolute atomic E-state index is 12.8. The van der Waals surface area contributed by atoms with Crippen molar-refractivity contribution in [2.45, 2.75) is 44.6 Å². The van der Waals surface area contributed by atoms with E-state index in [1.165, 1.54) is 10.8 Å². The van der Waals surface area contributed by atoms with Gasteiger partial charge in [-0.15, -0.1) is 15.3 Å². The molecule has 0 radical (unpaired) electrons. The molecule has 0 aromatic carbocycles. The summed E-state index contributed by atoms with van der Waals surface area (Å²) in [5.41, 5.74) is 0.674. The van der Waals surface area contributed by atoms with Gasteiger partial charge in [-0.2, -0.15) is 4.52 Å². The summed E-state index contributed by atoms with van der Waals surface area (Å²) in [7, 11) is 0. The molecule has 0 bridgehead atoms. The minimum absolute atomic E-state index is 0.0281. The van der Waals surface area contributed by atoms with Gasteiger partial charge in [0, 0.05) is 43.6 Å². The van der Waals surface area contributed by atoms with Gasteiger partial charge in [-0.25, -0.2) is 0 Å². The molecular weight excluding hydrogens is 360 g/mol. The van der Waals surface area contributed by atoms with Crippen LogP contribution in [0.3, 0.4) is 0 Å². The number of ether oxygens (including phenoxy) is 1. The van der Waals surface area contributed by atoms with E-state index in [-0.39, 0.29) is 23.8 Å². The summed E-state index contributed by atoms with van der Waals surface area (Å²) >= 11 is 0. The van der Waals surface area contributed by atoms with E-state index in [2.05, 4.69) is 20.2 Å². The number of carbonyl (C=O) groups excluding carboxylic acids is 2. The highest BCUT2D eigenvalue weighted by atomic mass is 16.5. The van der Waals surface area contributed by atoms with Crippen molar-refractivity contribution in [2.75, 3.05) is 26.2 Å². The van der Waals surface area contributed by atoms with E-state index in [0.717, 1.165) is 45.2 Å². The third-order valence-corrected chi connectivity index (χ3v) is 6.18. The average Bonchev–Trinajstić information content (AvgIpc) is 3.45. The zero-order valence-corrected chi connectivity index (χ0v) is 15.8. The fourth-order valence-corrected chi connectivity index (χ4v) is 4.53. The molecule has 2 amide bonds. The largest absolute Gasteiger partial charge is 0.467 e. The second kappa shape index (κ2) is 6.72. The van der Waals surface area contributed by atoms with Crippen LogP contribution >= 0.6 is 0 Å². The number of aromatic nitrogens is 4. The quantitative estimate of drug-likeness (QED) is 0.778. The van der Waals surface area contributed by atoms with E-state index in [1.54, 1.807) is 12.1 Å². The lowest BCUT2D eigenvalue weighted by molar-refractivity contribution is -0.144. The Balaban J connectivity index is 1.22. The maximum atomic E-state index is 12.8. The van der Waals surface area contributed by atoms with E-state index in [9.17, 15) is 9.59 Å². The first-order valence-electron chi connectivity index (χ1n) is 9.99. The van der Waals surface area contributed by atoms with E-state index in [0.29, 0.717) is 30.5 Å². The lowest BCUT2D eigenvalue weighted by Gasteiger charge is -2.48. The minimum atomic E-state index is -0.0397. The second-order valence-electron chi connectivity index (χ2n) is 8.27. The number of rotatable bonds is 4. The highest BCUT2D eigenvalue weighted by Gasteiger charge is 2.46. The van der Waals surface area contributed by atoms with Gasteiger partial charge in [-0.1, -0.05) is 0 Å². The van der Waals surface area contributed by atoms with Crippen LogP contribution in [0.5, 0.6) is 5.88 Å². The Kier molecular flexibility index (Phi) is 4.17. The molecule has 28 heavy (non-hydrogen) atoms. The molecule has 2 saturated heterocycles. The monoisotopic (exact) mass is 384 g/mol. The molecule has 2 aliphatic heterocycles.